The van der Waals surface area contributed by atoms with Gasteiger partial charge >= 0.3 is 0 Å². The second-order valence-corrected chi connectivity index (χ2v) is 7.59. The van der Waals surface area contributed by atoms with Crippen molar-refractivity contribution in [1.82, 2.24) is 5.43 Å². The zero-order chi connectivity index (χ0) is 24.5. The molecule has 0 aliphatic heterocycles. The highest BCUT2D eigenvalue weighted by atomic mass is 16.5. The molecule has 0 heterocycles. The molecule has 4 aromatic carbocycles. The summed E-state index contributed by atoms with van der Waals surface area (Å²) in [6, 6.07) is 28.1. The lowest BCUT2D eigenvalue weighted by Gasteiger charge is -2.11. The largest absolute Gasteiger partial charge is 0.496 e. The second-order valence-electron chi connectivity index (χ2n) is 7.59. The van der Waals surface area contributed by atoms with Gasteiger partial charge in [-0.15, -0.1) is 0 Å². The molecule has 0 atom stereocenters. The van der Waals surface area contributed by atoms with Gasteiger partial charge in [-0.3, -0.25) is 4.79 Å². The molecule has 1 amide bonds. The van der Waals surface area contributed by atoms with Crippen molar-refractivity contribution in [2.24, 2.45) is 5.10 Å². The third-order valence-electron chi connectivity index (χ3n) is 5.18. The molecule has 0 spiro atoms. The highest BCUT2D eigenvalue weighted by Gasteiger charge is 2.06. The first-order chi connectivity index (χ1) is 17.1. The summed E-state index contributed by atoms with van der Waals surface area (Å²) in [5.74, 6) is 1.56. The summed E-state index contributed by atoms with van der Waals surface area (Å²) < 4.78 is 16.8. The normalized spacial score (nSPS) is 10.6. The van der Waals surface area contributed by atoms with Crippen molar-refractivity contribution in [1.29, 1.82) is 5.26 Å². The minimum atomic E-state index is -0.368. The fourth-order valence-electron chi connectivity index (χ4n) is 3.40. The maximum Gasteiger partial charge on any atom is 0.277 e. The quantitative estimate of drug-likeness (QED) is 0.282. The van der Waals surface area contributed by atoms with Gasteiger partial charge < -0.3 is 14.2 Å². The Hall–Kier alpha value is -4.83. The average Bonchev–Trinajstić information content (AvgIpc) is 2.91. The molecule has 0 fully saturated rings. The Morgan fingerprint density at radius 3 is 2.49 bits per heavy atom. The van der Waals surface area contributed by atoms with Gasteiger partial charge in [-0.2, -0.15) is 10.4 Å². The molecule has 0 radical (unpaired) electrons. The van der Waals surface area contributed by atoms with Crippen LogP contribution in [0.1, 0.15) is 16.7 Å². The maximum absolute atomic E-state index is 12.1. The zero-order valence-electron chi connectivity index (χ0n) is 19.1. The van der Waals surface area contributed by atoms with Gasteiger partial charge in [0.05, 0.1) is 25.0 Å². The van der Waals surface area contributed by atoms with Crippen molar-refractivity contribution < 1.29 is 19.0 Å². The summed E-state index contributed by atoms with van der Waals surface area (Å²) in [5.41, 5.74) is 4.62. The molecule has 1 N–H and O–H groups in total. The van der Waals surface area contributed by atoms with Gasteiger partial charge in [-0.1, -0.05) is 30.3 Å². The number of fused-ring (bicyclic) bond motifs is 1. The third kappa shape index (κ3) is 6.36. The topological polar surface area (TPSA) is 92.9 Å². The number of methoxy groups -OCH3 is 1. The van der Waals surface area contributed by atoms with E-state index in [9.17, 15) is 4.79 Å². The summed E-state index contributed by atoms with van der Waals surface area (Å²) in [6.45, 7) is 0.116. The van der Waals surface area contributed by atoms with Crippen molar-refractivity contribution in [3.05, 3.63) is 102 Å². The molecule has 0 aromatic heterocycles. The van der Waals surface area contributed by atoms with Gasteiger partial charge in [0.15, 0.2) is 6.61 Å². The van der Waals surface area contributed by atoms with Gasteiger partial charge in [0, 0.05) is 5.56 Å². The van der Waals surface area contributed by atoms with E-state index in [1.807, 2.05) is 60.7 Å². The molecule has 7 nitrogen and oxygen atoms in total. The summed E-state index contributed by atoms with van der Waals surface area (Å²) in [7, 11) is 1.59. The number of hydrazone groups is 1. The monoisotopic (exact) mass is 465 g/mol. The van der Waals surface area contributed by atoms with Crippen LogP contribution in [0, 0.1) is 11.3 Å². The number of nitriles is 1. The predicted octanol–water partition coefficient (Wildman–Crippen LogP) is 4.83. The molecule has 0 bridgehead atoms. The number of carbonyl (C=O) groups excluding carboxylic acids is 1. The van der Waals surface area contributed by atoms with Gasteiger partial charge in [-0.25, -0.2) is 5.43 Å². The summed E-state index contributed by atoms with van der Waals surface area (Å²) in [6.07, 6.45) is 1.54. The van der Waals surface area contributed by atoms with E-state index < -0.39 is 0 Å². The molecular formula is C28H23N3O4. The van der Waals surface area contributed by atoms with Crippen molar-refractivity contribution in [2.75, 3.05) is 13.7 Å². The zero-order valence-corrected chi connectivity index (χ0v) is 19.1. The van der Waals surface area contributed by atoms with Crippen LogP contribution in [0.5, 0.6) is 17.2 Å². The number of nitrogens with zero attached hydrogens (tertiary/aromatic N) is 2. The van der Waals surface area contributed by atoms with E-state index in [1.54, 1.807) is 37.6 Å². The van der Waals surface area contributed by atoms with E-state index in [4.69, 9.17) is 19.5 Å². The summed E-state index contributed by atoms with van der Waals surface area (Å²) in [5, 5.41) is 15.1. The smallest absolute Gasteiger partial charge is 0.277 e. The third-order valence-corrected chi connectivity index (χ3v) is 5.18. The Morgan fingerprint density at radius 2 is 1.71 bits per heavy atom. The summed E-state index contributed by atoms with van der Waals surface area (Å²) in [4.78, 5) is 12.1. The van der Waals surface area contributed by atoms with E-state index in [2.05, 4.69) is 16.6 Å². The lowest BCUT2D eigenvalue weighted by Crippen LogP contribution is -2.24. The van der Waals surface area contributed by atoms with Crippen LogP contribution in [-0.4, -0.2) is 25.8 Å². The number of ether oxygens (including phenoxy) is 3. The van der Waals surface area contributed by atoms with Crippen molar-refractivity contribution in [3.8, 4) is 23.3 Å². The lowest BCUT2D eigenvalue weighted by molar-refractivity contribution is -0.123. The number of amides is 1. The molecule has 0 saturated heterocycles. The number of hydrogen-bond acceptors (Lipinski definition) is 6. The standard InChI is InChI=1S/C28H23N3O4/c1-33-27-13-8-21(14-24(27)18-34-25-10-6-20(16-29)7-11-25)17-30-31-28(32)19-35-26-12-9-22-4-2-3-5-23(22)15-26/h2-15,17H,18-19H2,1H3,(H,31,32)/b30-17+. The molecule has 0 aliphatic rings. The number of nitrogens with one attached hydrogen (secondary N) is 1. The Kier molecular flexibility index (Phi) is 7.56. The number of benzene rings is 4. The van der Waals surface area contributed by atoms with E-state index in [0.29, 0.717) is 22.8 Å². The van der Waals surface area contributed by atoms with Crippen molar-refractivity contribution in [2.45, 2.75) is 6.61 Å². The van der Waals surface area contributed by atoms with Crippen LogP contribution >= 0.6 is 0 Å². The van der Waals surface area contributed by atoms with E-state index in [-0.39, 0.29) is 19.1 Å². The highest BCUT2D eigenvalue weighted by Crippen LogP contribution is 2.22. The van der Waals surface area contributed by atoms with Crippen LogP contribution in [-0.2, 0) is 11.4 Å². The van der Waals surface area contributed by atoms with Crippen LogP contribution < -0.4 is 19.6 Å². The second kappa shape index (κ2) is 11.3. The van der Waals surface area contributed by atoms with Crippen LogP contribution in [0.15, 0.2) is 90.0 Å². The van der Waals surface area contributed by atoms with Crippen LogP contribution in [0.3, 0.4) is 0 Å². The van der Waals surface area contributed by atoms with E-state index in [0.717, 1.165) is 21.9 Å². The van der Waals surface area contributed by atoms with Gasteiger partial charge in [0.1, 0.15) is 23.9 Å². The lowest BCUT2D eigenvalue weighted by atomic mass is 10.1. The molecule has 0 unspecified atom stereocenters. The number of carbonyl (C=O) groups is 1. The van der Waals surface area contributed by atoms with Gasteiger partial charge in [0.2, 0.25) is 0 Å². The Balaban J connectivity index is 1.31. The maximum atomic E-state index is 12.1. The average molecular weight is 466 g/mol. The van der Waals surface area contributed by atoms with Gasteiger partial charge in [-0.05, 0) is 70.9 Å². The summed E-state index contributed by atoms with van der Waals surface area (Å²) >= 11 is 0. The molecule has 4 rings (SSSR count). The van der Waals surface area contributed by atoms with Crippen LogP contribution in [0.25, 0.3) is 10.8 Å². The van der Waals surface area contributed by atoms with E-state index >= 15 is 0 Å². The molecular weight excluding hydrogens is 442 g/mol. The first-order valence-corrected chi connectivity index (χ1v) is 10.9. The molecule has 4 aromatic rings. The fourth-order valence-corrected chi connectivity index (χ4v) is 3.40. The molecule has 174 valence electrons. The fraction of sp³-hybridized carbons (Fsp3) is 0.107. The Morgan fingerprint density at radius 1 is 0.943 bits per heavy atom. The van der Waals surface area contributed by atoms with Crippen molar-refractivity contribution >= 4 is 22.9 Å². The Labute approximate surface area is 203 Å². The van der Waals surface area contributed by atoms with Crippen molar-refractivity contribution in [3.63, 3.8) is 0 Å². The predicted molar refractivity (Wildman–Crippen MR) is 134 cm³/mol. The first-order valence-electron chi connectivity index (χ1n) is 10.9. The first kappa shape index (κ1) is 23.3. The van der Waals surface area contributed by atoms with Crippen LogP contribution in [0.4, 0.5) is 0 Å². The van der Waals surface area contributed by atoms with Gasteiger partial charge in [0.25, 0.3) is 5.91 Å². The minimum absolute atomic E-state index is 0.151. The number of rotatable bonds is 9. The highest BCUT2D eigenvalue weighted by molar-refractivity contribution is 5.85. The SMILES string of the molecule is COc1ccc(/C=N/NC(=O)COc2ccc3ccccc3c2)cc1COc1ccc(C#N)cc1. The van der Waals surface area contributed by atoms with Crippen LogP contribution in [0.2, 0.25) is 0 Å². The molecule has 0 aliphatic carbocycles. The molecule has 35 heavy (non-hydrogen) atoms. The minimum Gasteiger partial charge on any atom is -0.496 e. The molecule has 0 saturated carbocycles. The Bertz CT molecular complexity index is 1390. The molecule has 7 heteroatoms. The van der Waals surface area contributed by atoms with E-state index in [1.165, 1.54) is 0 Å². The number of hydrogen-bond donors (Lipinski definition) is 1.